The normalized spacial score (nSPS) is 10.4. The maximum absolute atomic E-state index is 5.74. The fraction of sp³-hybridized carbons (Fsp3) is 0.200. The van der Waals surface area contributed by atoms with Crippen molar-refractivity contribution >= 4 is 29.0 Å². The number of methoxy groups -OCH3 is 1. The largest absolute Gasteiger partial charge is 0.495 e. The summed E-state index contributed by atoms with van der Waals surface area (Å²) in [4.78, 5) is 5.33. The van der Waals surface area contributed by atoms with E-state index in [-0.39, 0.29) is 0 Å². The van der Waals surface area contributed by atoms with Crippen molar-refractivity contribution < 1.29 is 4.74 Å². The lowest BCUT2D eigenvalue weighted by Gasteiger charge is -2.05. The summed E-state index contributed by atoms with van der Waals surface area (Å²) in [7, 11) is 1.61. The van der Waals surface area contributed by atoms with E-state index in [4.69, 9.17) is 10.5 Å². The van der Waals surface area contributed by atoms with Crippen LogP contribution in [0.5, 0.6) is 5.75 Å². The molecular weight excluding hydrogens is 242 g/mol. The first-order chi connectivity index (χ1) is 7.69. The summed E-state index contributed by atoms with van der Waals surface area (Å²) in [5.41, 5.74) is 6.38. The van der Waals surface area contributed by atoms with Crippen LogP contribution in [0.2, 0.25) is 0 Å². The van der Waals surface area contributed by atoms with E-state index in [9.17, 15) is 0 Å². The molecule has 4 nitrogen and oxygen atoms in total. The Labute approximate surface area is 102 Å². The minimum Gasteiger partial charge on any atom is -0.495 e. The number of hydrogen-bond acceptors (Lipinski definition) is 6. The van der Waals surface area contributed by atoms with Crippen molar-refractivity contribution in [3.8, 4) is 5.75 Å². The van der Waals surface area contributed by atoms with Crippen molar-refractivity contribution in [2.24, 2.45) is 0 Å². The zero-order valence-electron chi connectivity index (χ0n) is 8.93. The molecule has 0 radical (unpaired) electrons. The van der Waals surface area contributed by atoms with Gasteiger partial charge in [-0.15, -0.1) is 0 Å². The second-order valence-corrected chi connectivity index (χ2v) is 5.19. The molecule has 1 heterocycles. The molecule has 1 aromatic carbocycles. The second-order valence-electron chi connectivity index (χ2n) is 3.11. The van der Waals surface area contributed by atoms with Crippen LogP contribution >= 0.6 is 23.3 Å². The Morgan fingerprint density at radius 3 is 2.88 bits per heavy atom. The van der Waals surface area contributed by atoms with Crippen LogP contribution in [-0.4, -0.2) is 16.5 Å². The lowest BCUT2D eigenvalue weighted by Crippen LogP contribution is -1.91. The topological polar surface area (TPSA) is 61.0 Å². The molecule has 0 fully saturated rings. The van der Waals surface area contributed by atoms with Crippen LogP contribution < -0.4 is 10.5 Å². The summed E-state index contributed by atoms with van der Waals surface area (Å²) < 4.78 is 10.2. The molecule has 0 atom stereocenters. The Balaban J connectivity index is 2.21. The highest BCUT2D eigenvalue weighted by Crippen LogP contribution is 2.33. The summed E-state index contributed by atoms with van der Waals surface area (Å²) in [6, 6.07) is 5.67. The highest BCUT2D eigenvalue weighted by atomic mass is 32.2. The molecule has 0 aliphatic carbocycles. The lowest BCUT2D eigenvalue weighted by molar-refractivity contribution is 0.416. The molecule has 6 heteroatoms. The average Bonchev–Trinajstić information content (AvgIpc) is 2.67. The van der Waals surface area contributed by atoms with Crippen LogP contribution in [0.1, 0.15) is 5.82 Å². The lowest BCUT2D eigenvalue weighted by atomic mass is 10.3. The van der Waals surface area contributed by atoms with Crippen LogP contribution in [0.15, 0.2) is 27.4 Å². The van der Waals surface area contributed by atoms with Crippen molar-refractivity contribution in [3.63, 3.8) is 0 Å². The van der Waals surface area contributed by atoms with Crippen LogP contribution in [0.4, 0.5) is 5.69 Å². The van der Waals surface area contributed by atoms with E-state index in [0.29, 0.717) is 11.4 Å². The highest BCUT2D eigenvalue weighted by molar-refractivity contribution is 8.01. The van der Waals surface area contributed by atoms with Gasteiger partial charge in [-0.25, -0.2) is 4.98 Å². The molecule has 84 valence electrons. The van der Waals surface area contributed by atoms with E-state index in [2.05, 4.69) is 9.36 Å². The molecule has 0 aliphatic heterocycles. The molecule has 1 aromatic heterocycles. The van der Waals surface area contributed by atoms with E-state index in [1.54, 1.807) is 18.9 Å². The van der Waals surface area contributed by atoms with Crippen LogP contribution in [0.3, 0.4) is 0 Å². The summed E-state index contributed by atoms with van der Waals surface area (Å²) in [5.74, 6) is 1.49. The first-order valence-corrected chi connectivity index (χ1v) is 6.19. The standard InChI is InChI=1S/C10H11N3OS2/c1-6-12-10(16-13-6)15-7-3-4-8(11)9(5-7)14-2/h3-5H,11H2,1-2H3. The van der Waals surface area contributed by atoms with Gasteiger partial charge in [0.15, 0.2) is 4.34 Å². The number of ether oxygens (including phenoxy) is 1. The number of rotatable bonds is 3. The first kappa shape index (κ1) is 11.2. The van der Waals surface area contributed by atoms with Crippen LogP contribution in [0.25, 0.3) is 0 Å². The van der Waals surface area contributed by atoms with Crippen molar-refractivity contribution in [1.29, 1.82) is 0 Å². The molecule has 0 aliphatic rings. The van der Waals surface area contributed by atoms with Gasteiger partial charge >= 0.3 is 0 Å². The minimum absolute atomic E-state index is 0.639. The number of aryl methyl sites for hydroxylation is 1. The Bertz CT molecular complexity index is 499. The van der Waals surface area contributed by atoms with Gasteiger partial charge in [0.2, 0.25) is 0 Å². The zero-order valence-corrected chi connectivity index (χ0v) is 10.6. The fourth-order valence-electron chi connectivity index (χ4n) is 1.18. The van der Waals surface area contributed by atoms with Gasteiger partial charge in [0.25, 0.3) is 0 Å². The van der Waals surface area contributed by atoms with Gasteiger partial charge in [-0.05, 0) is 36.7 Å². The van der Waals surface area contributed by atoms with E-state index in [1.807, 2.05) is 25.1 Å². The molecule has 0 saturated carbocycles. The Morgan fingerprint density at radius 2 is 2.25 bits per heavy atom. The van der Waals surface area contributed by atoms with Crippen molar-refractivity contribution in [2.45, 2.75) is 16.2 Å². The van der Waals surface area contributed by atoms with E-state index in [0.717, 1.165) is 15.1 Å². The Morgan fingerprint density at radius 1 is 1.44 bits per heavy atom. The quantitative estimate of drug-likeness (QED) is 0.852. The molecular formula is C10H11N3OS2. The number of nitrogen functional groups attached to an aromatic ring is 1. The fourth-order valence-corrected chi connectivity index (χ4v) is 2.83. The van der Waals surface area contributed by atoms with Crippen LogP contribution in [0, 0.1) is 6.92 Å². The van der Waals surface area contributed by atoms with E-state index < -0.39 is 0 Å². The summed E-state index contributed by atoms with van der Waals surface area (Å²) in [6.07, 6.45) is 0. The first-order valence-electron chi connectivity index (χ1n) is 4.60. The van der Waals surface area contributed by atoms with Crippen molar-refractivity contribution in [2.75, 3.05) is 12.8 Å². The number of benzene rings is 1. The van der Waals surface area contributed by atoms with E-state index >= 15 is 0 Å². The van der Waals surface area contributed by atoms with Gasteiger partial charge in [0.05, 0.1) is 12.8 Å². The number of hydrogen-bond donors (Lipinski definition) is 1. The molecule has 0 unspecified atom stereocenters. The minimum atomic E-state index is 0.639. The van der Waals surface area contributed by atoms with Gasteiger partial charge in [0.1, 0.15) is 11.6 Å². The number of aromatic nitrogens is 2. The molecule has 0 amide bonds. The smallest absolute Gasteiger partial charge is 0.174 e. The third-order valence-electron chi connectivity index (χ3n) is 1.92. The van der Waals surface area contributed by atoms with E-state index in [1.165, 1.54) is 11.5 Å². The third-order valence-corrected chi connectivity index (χ3v) is 3.75. The molecule has 2 aromatic rings. The summed E-state index contributed by atoms with van der Waals surface area (Å²) in [6.45, 7) is 1.88. The SMILES string of the molecule is COc1cc(Sc2nc(C)ns2)ccc1N. The third kappa shape index (κ3) is 2.45. The monoisotopic (exact) mass is 253 g/mol. The maximum atomic E-state index is 5.74. The number of nitrogens with zero attached hydrogens (tertiary/aromatic N) is 2. The van der Waals surface area contributed by atoms with Crippen molar-refractivity contribution in [3.05, 3.63) is 24.0 Å². The predicted molar refractivity (Wildman–Crippen MR) is 66.2 cm³/mol. The van der Waals surface area contributed by atoms with Crippen LogP contribution in [-0.2, 0) is 0 Å². The molecule has 2 N–H and O–H groups in total. The van der Waals surface area contributed by atoms with Gasteiger partial charge in [-0.1, -0.05) is 11.8 Å². The second kappa shape index (κ2) is 4.71. The molecule has 0 bridgehead atoms. The van der Waals surface area contributed by atoms with Gasteiger partial charge in [-0.3, -0.25) is 0 Å². The van der Waals surface area contributed by atoms with Gasteiger partial charge in [0, 0.05) is 4.90 Å². The molecule has 2 rings (SSSR count). The molecule has 16 heavy (non-hydrogen) atoms. The average molecular weight is 253 g/mol. The summed E-state index contributed by atoms with van der Waals surface area (Å²) >= 11 is 2.95. The van der Waals surface area contributed by atoms with Crippen molar-refractivity contribution in [1.82, 2.24) is 9.36 Å². The number of anilines is 1. The molecule has 0 saturated heterocycles. The summed E-state index contributed by atoms with van der Waals surface area (Å²) in [5, 5.41) is 0. The zero-order chi connectivity index (χ0) is 11.5. The molecule has 0 spiro atoms. The Kier molecular flexibility index (Phi) is 3.31. The predicted octanol–water partition coefficient (Wildman–Crippen LogP) is 2.59. The van der Waals surface area contributed by atoms with Gasteiger partial charge < -0.3 is 10.5 Å². The Hall–Kier alpha value is -1.27. The highest BCUT2D eigenvalue weighted by Gasteiger charge is 2.06. The maximum Gasteiger partial charge on any atom is 0.174 e. The number of nitrogens with two attached hydrogens (primary N) is 1. The van der Waals surface area contributed by atoms with Gasteiger partial charge in [-0.2, -0.15) is 4.37 Å².